The van der Waals surface area contributed by atoms with E-state index in [1.54, 1.807) is 22.9 Å². The predicted molar refractivity (Wildman–Crippen MR) is 123 cm³/mol. The van der Waals surface area contributed by atoms with E-state index in [0.717, 1.165) is 11.3 Å². The summed E-state index contributed by atoms with van der Waals surface area (Å²) in [5, 5.41) is 8.63. The molecule has 5 nitrogen and oxygen atoms in total. The smallest absolute Gasteiger partial charge is 0.234 e. The molecule has 0 bridgehead atoms. The van der Waals surface area contributed by atoms with E-state index in [2.05, 4.69) is 15.4 Å². The van der Waals surface area contributed by atoms with Crippen molar-refractivity contribution >= 4 is 46.6 Å². The first-order valence-electron chi connectivity index (χ1n) is 9.06. The number of thioether (sulfide) groups is 1. The highest BCUT2D eigenvalue weighted by Gasteiger charge is 2.16. The average molecular weight is 455 g/mol. The summed E-state index contributed by atoms with van der Waals surface area (Å²) >= 11 is 13.5. The maximum Gasteiger partial charge on any atom is 0.234 e. The van der Waals surface area contributed by atoms with E-state index in [1.807, 2.05) is 60.7 Å². The highest BCUT2D eigenvalue weighted by atomic mass is 35.5. The van der Waals surface area contributed by atoms with Gasteiger partial charge in [0, 0.05) is 5.56 Å². The number of aromatic nitrogens is 3. The van der Waals surface area contributed by atoms with Gasteiger partial charge in [-0.3, -0.25) is 4.79 Å². The van der Waals surface area contributed by atoms with Crippen LogP contribution >= 0.6 is 35.0 Å². The normalized spacial score (nSPS) is 10.7. The molecule has 0 radical (unpaired) electrons. The Kier molecular flexibility index (Phi) is 6.38. The molecule has 4 rings (SSSR count). The third-order valence-corrected chi connectivity index (χ3v) is 5.65. The number of amides is 1. The van der Waals surface area contributed by atoms with Crippen LogP contribution in [-0.4, -0.2) is 26.4 Å². The number of halogens is 2. The minimum absolute atomic E-state index is 0.120. The Morgan fingerprint density at radius 3 is 2.20 bits per heavy atom. The second-order valence-electron chi connectivity index (χ2n) is 6.26. The van der Waals surface area contributed by atoms with Gasteiger partial charge >= 0.3 is 0 Å². The average Bonchev–Trinajstić information content (AvgIpc) is 3.21. The number of carbonyl (C=O) groups is 1. The van der Waals surface area contributed by atoms with Crippen LogP contribution in [0.3, 0.4) is 0 Å². The summed E-state index contributed by atoms with van der Waals surface area (Å²) in [6.45, 7) is 0. The molecule has 8 heteroatoms. The molecular formula is C22H16Cl2N4OS. The van der Waals surface area contributed by atoms with Crippen LogP contribution in [0.1, 0.15) is 0 Å². The van der Waals surface area contributed by atoms with Crippen LogP contribution in [0.15, 0.2) is 84.0 Å². The molecule has 0 aliphatic carbocycles. The van der Waals surface area contributed by atoms with Gasteiger partial charge in [-0.2, -0.15) is 0 Å². The van der Waals surface area contributed by atoms with Crippen LogP contribution in [0.4, 0.5) is 5.69 Å². The zero-order chi connectivity index (χ0) is 20.9. The van der Waals surface area contributed by atoms with E-state index in [-0.39, 0.29) is 11.7 Å². The van der Waals surface area contributed by atoms with Crippen LogP contribution in [-0.2, 0) is 4.79 Å². The van der Waals surface area contributed by atoms with Crippen molar-refractivity contribution in [2.24, 2.45) is 0 Å². The van der Waals surface area contributed by atoms with Crippen molar-refractivity contribution in [1.29, 1.82) is 0 Å². The maximum absolute atomic E-state index is 12.4. The number of hydrogen-bond donors (Lipinski definition) is 1. The van der Waals surface area contributed by atoms with E-state index < -0.39 is 0 Å². The summed E-state index contributed by atoms with van der Waals surface area (Å²) in [5.74, 6) is 0.584. The van der Waals surface area contributed by atoms with Crippen molar-refractivity contribution in [2.45, 2.75) is 5.16 Å². The van der Waals surface area contributed by atoms with Crippen LogP contribution in [0.5, 0.6) is 0 Å². The molecule has 1 amide bonds. The second-order valence-corrected chi connectivity index (χ2v) is 8.02. The molecule has 0 saturated heterocycles. The highest BCUT2D eigenvalue weighted by molar-refractivity contribution is 7.99. The zero-order valence-corrected chi connectivity index (χ0v) is 18.0. The van der Waals surface area contributed by atoms with Crippen LogP contribution < -0.4 is 5.32 Å². The lowest BCUT2D eigenvalue weighted by Crippen LogP contribution is -2.14. The van der Waals surface area contributed by atoms with E-state index in [1.165, 1.54) is 11.8 Å². The third-order valence-electron chi connectivity index (χ3n) is 4.18. The molecule has 1 aromatic heterocycles. The van der Waals surface area contributed by atoms with Crippen molar-refractivity contribution in [1.82, 2.24) is 14.8 Å². The Bertz CT molecular complexity index is 1090. The SMILES string of the molecule is O=C(CSc1nc(-c2ccccc2)n(-c2ccccc2)n1)Nc1c(Cl)cccc1Cl. The number of benzene rings is 3. The molecule has 0 aliphatic rings. The minimum atomic E-state index is -0.243. The van der Waals surface area contributed by atoms with E-state index in [0.29, 0.717) is 26.7 Å². The summed E-state index contributed by atoms with van der Waals surface area (Å²) in [6, 6.07) is 24.6. The van der Waals surface area contributed by atoms with Gasteiger partial charge in [0.15, 0.2) is 5.82 Å². The highest BCUT2D eigenvalue weighted by Crippen LogP contribution is 2.30. The van der Waals surface area contributed by atoms with Gasteiger partial charge in [-0.25, -0.2) is 9.67 Å². The first kappa shape index (κ1) is 20.5. The Hall–Kier alpha value is -2.80. The third kappa shape index (κ3) is 4.67. The number of nitrogens with one attached hydrogen (secondary N) is 1. The summed E-state index contributed by atoms with van der Waals surface area (Å²) in [4.78, 5) is 17.1. The van der Waals surface area contributed by atoms with Gasteiger partial charge in [-0.15, -0.1) is 5.10 Å². The summed E-state index contributed by atoms with van der Waals surface area (Å²) in [6.07, 6.45) is 0. The van der Waals surface area contributed by atoms with Gasteiger partial charge in [0.25, 0.3) is 0 Å². The monoisotopic (exact) mass is 454 g/mol. The molecule has 0 unspecified atom stereocenters. The fourth-order valence-electron chi connectivity index (χ4n) is 2.80. The molecule has 150 valence electrons. The molecule has 1 N–H and O–H groups in total. The molecule has 0 atom stereocenters. The lowest BCUT2D eigenvalue weighted by Gasteiger charge is -2.08. The van der Waals surface area contributed by atoms with E-state index >= 15 is 0 Å². The number of rotatable bonds is 6. The quantitative estimate of drug-likeness (QED) is 0.364. The summed E-state index contributed by atoms with van der Waals surface area (Å²) in [7, 11) is 0. The molecule has 0 aliphatic heterocycles. The fourth-order valence-corrected chi connectivity index (χ4v) is 3.92. The Morgan fingerprint density at radius 2 is 1.53 bits per heavy atom. The minimum Gasteiger partial charge on any atom is -0.323 e. The van der Waals surface area contributed by atoms with Crippen LogP contribution in [0.25, 0.3) is 17.1 Å². The Morgan fingerprint density at radius 1 is 0.900 bits per heavy atom. The predicted octanol–water partition coefficient (Wildman–Crippen LogP) is 5.97. The van der Waals surface area contributed by atoms with Gasteiger partial charge in [0.05, 0.1) is 27.2 Å². The number of carbonyl (C=O) groups excluding carboxylic acids is 1. The number of hydrogen-bond acceptors (Lipinski definition) is 4. The molecule has 4 aromatic rings. The Labute approximate surface area is 188 Å². The van der Waals surface area contributed by atoms with Crippen LogP contribution in [0.2, 0.25) is 10.0 Å². The molecule has 0 spiro atoms. The van der Waals surface area contributed by atoms with Crippen molar-refractivity contribution in [3.8, 4) is 17.1 Å². The van der Waals surface area contributed by atoms with E-state index in [4.69, 9.17) is 23.2 Å². The zero-order valence-electron chi connectivity index (χ0n) is 15.6. The van der Waals surface area contributed by atoms with Crippen molar-refractivity contribution in [3.63, 3.8) is 0 Å². The first-order valence-corrected chi connectivity index (χ1v) is 10.8. The standard InChI is InChI=1S/C22H16Cl2N4OS/c23-17-12-7-13-18(24)20(17)25-19(29)14-30-22-26-21(15-8-3-1-4-9-15)28(27-22)16-10-5-2-6-11-16/h1-13H,14H2,(H,25,29). The lowest BCUT2D eigenvalue weighted by atomic mass is 10.2. The number of para-hydroxylation sites is 2. The van der Waals surface area contributed by atoms with Gasteiger partial charge < -0.3 is 5.32 Å². The van der Waals surface area contributed by atoms with Crippen molar-refractivity contribution in [3.05, 3.63) is 88.9 Å². The lowest BCUT2D eigenvalue weighted by molar-refractivity contribution is -0.113. The van der Waals surface area contributed by atoms with Crippen LogP contribution in [0, 0.1) is 0 Å². The molecule has 0 saturated carbocycles. The first-order chi connectivity index (χ1) is 14.6. The van der Waals surface area contributed by atoms with Gasteiger partial charge in [0.2, 0.25) is 11.1 Å². The maximum atomic E-state index is 12.4. The molecule has 0 fully saturated rings. The largest absolute Gasteiger partial charge is 0.323 e. The van der Waals surface area contributed by atoms with Crippen molar-refractivity contribution in [2.75, 3.05) is 11.1 Å². The molecule has 30 heavy (non-hydrogen) atoms. The van der Waals surface area contributed by atoms with Gasteiger partial charge in [-0.1, -0.05) is 89.6 Å². The molecular weight excluding hydrogens is 439 g/mol. The molecule has 1 heterocycles. The summed E-state index contributed by atoms with van der Waals surface area (Å²) < 4.78 is 1.78. The van der Waals surface area contributed by atoms with Gasteiger partial charge in [0.1, 0.15) is 0 Å². The topological polar surface area (TPSA) is 59.8 Å². The fraction of sp³-hybridized carbons (Fsp3) is 0.0455. The van der Waals surface area contributed by atoms with Gasteiger partial charge in [-0.05, 0) is 24.3 Å². The number of nitrogens with zero attached hydrogens (tertiary/aromatic N) is 3. The van der Waals surface area contributed by atoms with Crippen molar-refractivity contribution < 1.29 is 4.79 Å². The second kappa shape index (κ2) is 9.34. The molecule has 3 aromatic carbocycles. The summed E-state index contributed by atoms with van der Waals surface area (Å²) in [5.41, 5.74) is 2.23. The Balaban J connectivity index is 1.55. The number of anilines is 1. The van der Waals surface area contributed by atoms with E-state index in [9.17, 15) is 4.79 Å².